The van der Waals surface area contributed by atoms with E-state index >= 15 is 0 Å². The van der Waals surface area contributed by atoms with Crippen molar-refractivity contribution in [2.24, 2.45) is 5.10 Å². The minimum Gasteiger partial charge on any atom is -0.497 e. The lowest BCUT2D eigenvalue weighted by atomic mass is 10.2. The minimum atomic E-state index is -2.77. The Morgan fingerprint density at radius 2 is 1.94 bits per heavy atom. The first-order valence-corrected chi connectivity index (χ1v) is 10.2. The molecular weight excluding hydrogens is 452 g/mol. The van der Waals surface area contributed by atoms with Crippen molar-refractivity contribution in [3.63, 3.8) is 0 Å². The maximum absolute atomic E-state index is 13.2. The third-order valence-corrected chi connectivity index (χ3v) is 5.90. The Morgan fingerprint density at radius 1 is 1.16 bits per heavy atom. The van der Waals surface area contributed by atoms with E-state index in [1.165, 1.54) is 0 Å². The summed E-state index contributed by atoms with van der Waals surface area (Å²) in [6.07, 6.45) is -2.77. The van der Waals surface area contributed by atoms with E-state index in [4.69, 9.17) is 25.8 Å². The zero-order valence-electron chi connectivity index (χ0n) is 16.0. The van der Waals surface area contributed by atoms with Gasteiger partial charge in [0.05, 0.1) is 18.4 Å². The molecule has 8 nitrogen and oxygen atoms in total. The van der Waals surface area contributed by atoms with Crippen molar-refractivity contribution in [1.29, 1.82) is 0 Å². The van der Waals surface area contributed by atoms with Gasteiger partial charge in [-0.15, -0.1) is 5.12 Å². The van der Waals surface area contributed by atoms with Gasteiger partial charge in [-0.25, -0.2) is 13.8 Å². The van der Waals surface area contributed by atoms with Gasteiger partial charge in [0.1, 0.15) is 15.8 Å². The fourth-order valence-electron chi connectivity index (χ4n) is 3.10. The maximum Gasteiger partial charge on any atom is 0.282 e. The minimum absolute atomic E-state index is 0.0652. The van der Waals surface area contributed by atoms with Gasteiger partial charge in [-0.2, -0.15) is 5.43 Å². The summed E-state index contributed by atoms with van der Waals surface area (Å²) >= 11 is 6.95. The van der Waals surface area contributed by atoms with E-state index in [-0.39, 0.29) is 16.3 Å². The SMILES string of the molecule is COc1ccc(N2N=C(c3ccc4c(c3)OCO4)[NH2+]N2c2nc(C(F)F)c(Cl)s2)cc1. The van der Waals surface area contributed by atoms with E-state index in [0.717, 1.165) is 16.9 Å². The van der Waals surface area contributed by atoms with E-state index in [0.29, 0.717) is 28.8 Å². The molecule has 0 amide bonds. The maximum atomic E-state index is 13.2. The number of amidine groups is 1. The highest BCUT2D eigenvalue weighted by atomic mass is 35.5. The summed E-state index contributed by atoms with van der Waals surface area (Å²) in [7, 11) is 1.57. The number of nitrogens with two attached hydrogens (primary N) is 1. The normalized spacial score (nSPS) is 15.1. The Morgan fingerprint density at radius 3 is 2.65 bits per heavy atom. The molecule has 0 fully saturated rings. The van der Waals surface area contributed by atoms with E-state index < -0.39 is 12.1 Å². The molecule has 2 aromatic carbocycles. The van der Waals surface area contributed by atoms with Gasteiger partial charge in [-0.3, -0.25) is 0 Å². The fourth-order valence-corrected chi connectivity index (χ4v) is 4.20. The lowest BCUT2D eigenvalue weighted by Gasteiger charge is -2.21. The number of rotatable bonds is 5. The topological polar surface area (TPSA) is 76.0 Å². The number of methoxy groups -OCH3 is 1. The van der Waals surface area contributed by atoms with E-state index in [1.807, 2.05) is 12.1 Å². The number of aromatic nitrogens is 1. The van der Waals surface area contributed by atoms with Crippen LogP contribution in [0.15, 0.2) is 47.6 Å². The summed E-state index contributed by atoms with van der Waals surface area (Å²) in [5.74, 6) is 2.52. The third kappa shape index (κ3) is 3.60. The monoisotopic (exact) mass is 466 g/mol. The largest absolute Gasteiger partial charge is 0.497 e. The first-order chi connectivity index (χ1) is 15.0. The Labute approximate surface area is 184 Å². The van der Waals surface area contributed by atoms with Crippen LogP contribution in [0.5, 0.6) is 17.2 Å². The summed E-state index contributed by atoms with van der Waals surface area (Å²) in [6, 6.07) is 12.6. The van der Waals surface area contributed by atoms with Crippen LogP contribution in [0.25, 0.3) is 0 Å². The van der Waals surface area contributed by atoms with Gasteiger partial charge >= 0.3 is 0 Å². The first kappa shape index (κ1) is 19.8. The standard InChI is InChI=1S/C19H14ClF2N5O3S/c1-28-12-5-3-11(4-6-12)26-24-18(10-2-7-13-14(8-10)30-9-29-13)25-27(26)19-23-15(17(21)22)16(20)31-19/h2-8,17H,9H2,1H3,(H,24,25)/p+1. The highest BCUT2D eigenvalue weighted by Gasteiger charge is 2.35. The summed E-state index contributed by atoms with van der Waals surface area (Å²) in [5.41, 5.74) is 2.69. The lowest BCUT2D eigenvalue weighted by Crippen LogP contribution is -2.96. The zero-order valence-corrected chi connectivity index (χ0v) is 17.5. The van der Waals surface area contributed by atoms with Gasteiger partial charge < -0.3 is 14.2 Å². The Bertz CT molecular complexity index is 1160. The van der Waals surface area contributed by atoms with Gasteiger partial charge in [0, 0.05) is 0 Å². The first-order valence-electron chi connectivity index (χ1n) is 9.04. The van der Waals surface area contributed by atoms with Crippen LogP contribution in [0, 0.1) is 0 Å². The Hall–Kier alpha value is -3.15. The molecule has 2 aliphatic rings. The number of hydrogen-bond donors (Lipinski definition) is 1. The molecule has 0 saturated carbocycles. The van der Waals surface area contributed by atoms with Crippen LogP contribution in [-0.2, 0) is 0 Å². The molecule has 2 N–H and O–H groups in total. The van der Waals surface area contributed by atoms with E-state index in [2.05, 4.69) is 10.1 Å². The Balaban J connectivity index is 1.54. The molecule has 0 unspecified atom stereocenters. The number of thiazole rings is 1. The van der Waals surface area contributed by atoms with E-state index in [9.17, 15) is 8.78 Å². The van der Waals surface area contributed by atoms with Gasteiger partial charge in [0.25, 0.3) is 17.4 Å². The number of benzene rings is 2. The molecular formula is C19H15ClF2N5O3S+. The lowest BCUT2D eigenvalue weighted by molar-refractivity contribution is -0.545. The number of quaternary nitrogens is 1. The average Bonchev–Trinajstić information content (AvgIpc) is 3.50. The molecule has 0 spiro atoms. The van der Waals surface area contributed by atoms with Crippen LogP contribution in [0.4, 0.5) is 19.6 Å². The van der Waals surface area contributed by atoms with Crippen molar-refractivity contribution in [3.8, 4) is 17.2 Å². The second-order valence-corrected chi connectivity index (χ2v) is 8.05. The highest BCUT2D eigenvalue weighted by molar-refractivity contribution is 7.19. The second-order valence-electron chi connectivity index (χ2n) is 6.47. The molecule has 1 aromatic heterocycles. The fraction of sp³-hybridized carbons (Fsp3) is 0.158. The molecule has 31 heavy (non-hydrogen) atoms. The molecule has 5 rings (SSSR count). The quantitative estimate of drug-likeness (QED) is 0.579. The number of anilines is 2. The van der Waals surface area contributed by atoms with Crippen LogP contribution < -0.4 is 29.9 Å². The molecule has 0 radical (unpaired) electrons. The zero-order chi connectivity index (χ0) is 21.5. The Kier molecular flexibility index (Phi) is 5.00. The number of fused-ring (bicyclic) bond motifs is 1. The van der Waals surface area contributed by atoms with Crippen molar-refractivity contribution in [1.82, 2.24) is 4.98 Å². The third-order valence-electron chi connectivity index (χ3n) is 4.62. The summed E-state index contributed by atoms with van der Waals surface area (Å²) in [4.78, 5) is 4.03. The predicted octanol–water partition coefficient (Wildman–Crippen LogP) is 3.55. The number of hydrazone groups is 1. The van der Waals surface area contributed by atoms with Gasteiger partial charge in [0.15, 0.2) is 11.5 Å². The molecule has 2 aliphatic heterocycles. The molecule has 3 aromatic rings. The molecule has 160 valence electrons. The summed E-state index contributed by atoms with van der Waals surface area (Å²) < 4.78 is 42.5. The number of hydrogen-bond acceptors (Lipinski definition) is 8. The molecule has 12 heteroatoms. The van der Waals surface area contributed by atoms with Crippen LogP contribution in [0.2, 0.25) is 4.34 Å². The van der Waals surface area contributed by atoms with Crippen molar-refractivity contribution in [3.05, 3.63) is 58.1 Å². The molecule has 0 atom stereocenters. The second kappa shape index (κ2) is 7.84. The highest BCUT2D eigenvalue weighted by Crippen LogP contribution is 2.37. The van der Waals surface area contributed by atoms with Crippen LogP contribution in [-0.4, -0.2) is 24.7 Å². The number of alkyl halides is 2. The number of nitrogens with zero attached hydrogens (tertiary/aromatic N) is 4. The van der Waals surface area contributed by atoms with Crippen LogP contribution >= 0.6 is 22.9 Å². The smallest absolute Gasteiger partial charge is 0.282 e. The van der Waals surface area contributed by atoms with Crippen molar-refractivity contribution in [2.45, 2.75) is 6.43 Å². The van der Waals surface area contributed by atoms with Crippen molar-refractivity contribution >= 4 is 39.6 Å². The summed E-state index contributed by atoms with van der Waals surface area (Å²) in [5, 5.41) is 8.06. The molecule has 0 aliphatic carbocycles. The van der Waals surface area contributed by atoms with Gasteiger partial charge in [-0.1, -0.05) is 33.2 Å². The van der Waals surface area contributed by atoms with Gasteiger partial charge in [-0.05, 0) is 42.5 Å². The van der Waals surface area contributed by atoms with Crippen LogP contribution in [0.1, 0.15) is 17.7 Å². The van der Waals surface area contributed by atoms with E-state index in [1.54, 1.807) is 53.1 Å². The van der Waals surface area contributed by atoms with Crippen molar-refractivity contribution in [2.75, 3.05) is 24.1 Å². The number of ether oxygens (including phenoxy) is 3. The summed E-state index contributed by atoms with van der Waals surface area (Å²) in [6.45, 7) is 0.160. The average molecular weight is 467 g/mol. The van der Waals surface area contributed by atoms with Gasteiger partial charge in [0.2, 0.25) is 6.79 Å². The molecule has 3 heterocycles. The number of halogens is 3. The molecule has 0 bridgehead atoms. The number of hydrazine groups is 1. The predicted molar refractivity (Wildman–Crippen MR) is 111 cm³/mol. The van der Waals surface area contributed by atoms with Crippen molar-refractivity contribution < 1.29 is 28.4 Å². The van der Waals surface area contributed by atoms with Crippen LogP contribution in [0.3, 0.4) is 0 Å². The molecule has 0 saturated heterocycles.